The van der Waals surface area contributed by atoms with Crippen LogP contribution in [0.5, 0.6) is 11.5 Å². The van der Waals surface area contributed by atoms with Gasteiger partial charge in [0.25, 0.3) is 5.56 Å². The number of amides is 1. The fraction of sp³-hybridized carbons (Fsp3) is 0.150. The summed E-state index contributed by atoms with van der Waals surface area (Å²) in [4.78, 5) is 37.1. The zero-order chi connectivity index (χ0) is 21.7. The number of hydrogen-bond acceptors (Lipinski definition) is 5. The van der Waals surface area contributed by atoms with Crippen molar-refractivity contribution in [1.29, 1.82) is 0 Å². The Morgan fingerprint density at radius 3 is 2.50 bits per heavy atom. The first kappa shape index (κ1) is 20.8. The molecule has 0 radical (unpaired) electrons. The van der Waals surface area contributed by atoms with E-state index in [0.717, 1.165) is 10.6 Å². The number of nitrogens with one attached hydrogen (secondary N) is 2. The van der Waals surface area contributed by atoms with Crippen LogP contribution in [0.1, 0.15) is 0 Å². The second-order valence-electron chi connectivity index (χ2n) is 6.10. The predicted molar refractivity (Wildman–Crippen MR) is 105 cm³/mol. The number of carbonyl (C=O) groups excluding carboxylic acids is 1. The van der Waals surface area contributed by atoms with Crippen molar-refractivity contribution >= 4 is 11.6 Å². The van der Waals surface area contributed by atoms with Gasteiger partial charge < -0.3 is 14.8 Å². The van der Waals surface area contributed by atoms with Crippen LogP contribution in [-0.4, -0.2) is 29.2 Å². The van der Waals surface area contributed by atoms with Crippen molar-refractivity contribution in [3.63, 3.8) is 0 Å². The van der Waals surface area contributed by atoms with E-state index in [0.29, 0.717) is 22.6 Å². The van der Waals surface area contributed by atoms with E-state index >= 15 is 0 Å². The topological polar surface area (TPSA) is 102 Å². The minimum absolute atomic E-state index is 0.0648. The summed E-state index contributed by atoms with van der Waals surface area (Å²) < 4.78 is 36.3. The number of alkyl halides is 2. The molecule has 0 atom stereocenters. The Balaban J connectivity index is 1.86. The van der Waals surface area contributed by atoms with Gasteiger partial charge in [-0.05, 0) is 35.9 Å². The zero-order valence-electron chi connectivity index (χ0n) is 15.7. The van der Waals surface area contributed by atoms with Gasteiger partial charge in [-0.25, -0.2) is 4.79 Å². The predicted octanol–water partition coefficient (Wildman–Crippen LogP) is 2.45. The molecule has 0 aliphatic rings. The maximum atomic E-state index is 12.8. The van der Waals surface area contributed by atoms with Crippen LogP contribution in [0.25, 0.3) is 11.1 Å². The lowest BCUT2D eigenvalue weighted by Gasteiger charge is -2.14. The molecule has 30 heavy (non-hydrogen) atoms. The van der Waals surface area contributed by atoms with Gasteiger partial charge in [-0.3, -0.25) is 19.1 Å². The molecule has 3 aromatic rings. The number of ether oxygens (including phenoxy) is 2. The number of benzene rings is 2. The largest absolute Gasteiger partial charge is 0.497 e. The van der Waals surface area contributed by atoms with Crippen molar-refractivity contribution in [2.45, 2.75) is 13.2 Å². The van der Waals surface area contributed by atoms with Crippen LogP contribution in [0.4, 0.5) is 14.5 Å². The van der Waals surface area contributed by atoms with Crippen molar-refractivity contribution in [3.8, 4) is 22.6 Å². The number of hydrogen-bond donors (Lipinski definition) is 2. The van der Waals surface area contributed by atoms with Gasteiger partial charge in [0, 0.05) is 23.5 Å². The lowest BCUT2D eigenvalue weighted by molar-refractivity contribution is -0.116. The maximum absolute atomic E-state index is 12.8. The normalized spacial score (nSPS) is 10.7. The Kier molecular flexibility index (Phi) is 6.26. The molecule has 0 bridgehead atoms. The van der Waals surface area contributed by atoms with Crippen molar-refractivity contribution in [2.75, 3.05) is 12.4 Å². The molecule has 0 fully saturated rings. The molecule has 10 heteroatoms. The second kappa shape index (κ2) is 9.03. The average molecular weight is 417 g/mol. The molecule has 0 unspecified atom stereocenters. The van der Waals surface area contributed by atoms with Gasteiger partial charge in [-0.2, -0.15) is 8.78 Å². The number of aromatic amines is 1. The van der Waals surface area contributed by atoms with Crippen LogP contribution < -0.4 is 26.0 Å². The first-order chi connectivity index (χ1) is 14.4. The van der Waals surface area contributed by atoms with E-state index in [9.17, 15) is 23.2 Å². The number of carbonyl (C=O) groups is 1. The van der Waals surface area contributed by atoms with Gasteiger partial charge in [-0.1, -0.05) is 12.1 Å². The standard InChI is InChI=1S/C20H17F2N3O5/c1-29-14-5-2-12(3-6-14)15-10-13(4-7-16(15)30-19(21)22)23-18(27)11-25-9-8-17(26)24-20(25)28/h2-10,19H,11H2,1H3,(H,23,27)(H,24,26,28). The smallest absolute Gasteiger partial charge is 0.387 e. The maximum Gasteiger partial charge on any atom is 0.387 e. The van der Waals surface area contributed by atoms with Crippen LogP contribution in [0.2, 0.25) is 0 Å². The van der Waals surface area contributed by atoms with E-state index in [2.05, 4.69) is 10.1 Å². The molecule has 0 saturated heterocycles. The highest BCUT2D eigenvalue weighted by molar-refractivity contribution is 5.92. The number of halogens is 2. The molecule has 0 aliphatic heterocycles. The van der Waals surface area contributed by atoms with E-state index in [1.54, 1.807) is 24.3 Å². The molecule has 0 saturated carbocycles. The molecule has 0 spiro atoms. The Morgan fingerprint density at radius 1 is 1.13 bits per heavy atom. The summed E-state index contributed by atoms with van der Waals surface area (Å²) in [6, 6.07) is 12.0. The van der Waals surface area contributed by atoms with Gasteiger partial charge in [0.2, 0.25) is 5.91 Å². The summed E-state index contributed by atoms with van der Waals surface area (Å²) >= 11 is 0. The molecule has 1 aromatic heterocycles. The summed E-state index contributed by atoms with van der Waals surface area (Å²) in [7, 11) is 1.50. The summed E-state index contributed by atoms with van der Waals surface area (Å²) in [6.45, 7) is -3.36. The third-order valence-corrected chi connectivity index (χ3v) is 4.09. The van der Waals surface area contributed by atoms with Crippen molar-refractivity contribution < 1.29 is 23.0 Å². The van der Waals surface area contributed by atoms with Gasteiger partial charge in [0.1, 0.15) is 18.0 Å². The van der Waals surface area contributed by atoms with Crippen LogP contribution in [0.3, 0.4) is 0 Å². The fourth-order valence-corrected chi connectivity index (χ4v) is 2.73. The summed E-state index contributed by atoms with van der Waals surface area (Å²) in [5.41, 5.74) is -0.0889. The Hall–Kier alpha value is -3.95. The third-order valence-electron chi connectivity index (χ3n) is 4.09. The zero-order valence-corrected chi connectivity index (χ0v) is 15.7. The molecule has 2 aromatic carbocycles. The molecule has 156 valence electrons. The van der Waals surface area contributed by atoms with E-state index < -0.39 is 23.8 Å². The van der Waals surface area contributed by atoms with Crippen molar-refractivity contribution in [2.24, 2.45) is 0 Å². The number of methoxy groups -OCH3 is 1. The Morgan fingerprint density at radius 2 is 1.87 bits per heavy atom. The molecular weight excluding hydrogens is 400 g/mol. The monoisotopic (exact) mass is 417 g/mol. The molecule has 1 amide bonds. The van der Waals surface area contributed by atoms with Gasteiger partial charge >= 0.3 is 12.3 Å². The molecule has 3 rings (SSSR count). The van der Waals surface area contributed by atoms with Crippen LogP contribution in [0, 0.1) is 0 Å². The number of aromatic nitrogens is 2. The Labute approximate surface area is 168 Å². The third kappa shape index (κ3) is 5.10. The van der Waals surface area contributed by atoms with Crippen LogP contribution in [0.15, 0.2) is 64.3 Å². The van der Waals surface area contributed by atoms with Gasteiger partial charge in [0.15, 0.2) is 0 Å². The van der Waals surface area contributed by atoms with E-state index in [1.807, 2.05) is 4.98 Å². The lowest BCUT2D eigenvalue weighted by atomic mass is 10.0. The SMILES string of the molecule is COc1ccc(-c2cc(NC(=O)Cn3ccc(=O)[nH]c3=O)ccc2OC(F)F)cc1. The molecule has 2 N–H and O–H groups in total. The fourth-order valence-electron chi connectivity index (χ4n) is 2.73. The summed E-state index contributed by atoms with van der Waals surface area (Å²) in [6.07, 6.45) is 1.20. The number of H-pyrrole nitrogens is 1. The molecule has 8 nitrogen and oxygen atoms in total. The highest BCUT2D eigenvalue weighted by Crippen LogP contribution is 2.34. The van der Waals surface area contributed by atoms with Gasteiger partial charge in [0.05, 0.1) is 7.11 Å². The van der Waals surface area contributed by atoms with Crippen molar-refractivity contribution in [1.82, 2.24) is 9.55 Å². The van der Waals surface area contributed by atoms with E-state index in [-0.39, 0.29) is 12.3 Å². The number of rotatable bonds is 7. The second-order valence-corrected chi connectivity index (χ2v) is 6.10. The number of anilines is 1. The van der Waals surface area contributed by atoms with E-state index in [1.165, 1.54) is 31.5 Å². The number of nitrogens with zero attached hydrogens (tertiary/aromatic N) is 1. The average Bonchev–Trinajstić information content (AvgIpc) is 2.71. The molecule has 0 aliphatic carbocycles. The first-order valence-corrected chi connectivity index (χ1v) is 8.68. The highest BCUT2D eigenvalue weighted by atomic mass is 19.3. The van der Waals surface area contributed by atoms with Crippen molar-refractivity contribution in [3.05, 3.63) is 75.6 Å². The molecule has 1 heterocycles. The van der Waals surface area contributed by atoms with Crippen LogP contribution in [-0.2, 0) is 11.3 Å². The minimum Gasteiger partial charge on any atom is -0.497 e. The first-order valence-electron chi connectivity index (χ1n) is 8.68. The van der Waals surface area contributed by atoms with E-state index in [4.69, 9.17) is 4.74 Å². The highest BCUT2D eigenvalue weighted by Gasteiger charge is 2.14. The summed E-state index contributed by atoms with van der Waals surface area (Å²) in [5, 5.41) is 2.59. The van der Waals surface area contributed by atoms with Gasteiger partial charge in [-0.15, -0.1) is 0 Å². The quantitative estimate of drug-likeness (QED) is 0.615. The Bertz CT molecular complexity index is 1160. The summed E-state index contributed by atoms with van der Waals surface area (Å²) in [5.74, 6) is -0.0248. The molecular formula is C20H17F2N3O5. The minimum atomic E-state index is -3.02. The lowest BCUT2D eigenvalue weighted by Crippen LogP contribution is -2.32. The van der Waals surface area contributed by atoms with Crippen LogP contribution >= 0.6 is 0 Å².